The lowest BCUT2D eigenvalue weighted by Crippen LogP contribution is -2.26. The van der Waals surface area contributed by atoms with Gasteiger partial charge in [-0.1, -0.05) is 71.9 Å². The van der Waals surface area contributed by atoms with Gasteiger partial charge in [0.25, 0.3) is 0 Å². The van der Waals surface area contributed by atoms with Crippen LogP contribution >= 0.6 is 0 Å². The van der Waals surface area contributed by atoms with Crippen LogP contribution in [0.2, 0.25) is 0 Å². The summed E-state index contributed by atoms with van der Waals surface area (Å²) < 4.78 is 0. The predicted molar refractivity (Wildman–Crippen MR) is 83.5 cm³/mol. The summed E-state index contributed by atoms with van der Waals surface area (Å²) in [5, 5.41) is 0. The topological polar surface area (TPSA) is 41.1 Å². The van der Waals surface area contributed by atoms with Gasteiger partial charge in [-0.3, -0.25) is 10.9 Å². The number of rotatable bonds is 3. The maximum Gasteiger partial charge on any atom is 0.106 e. The second-order valence-corrected chi connectivity index (χ2v) is 2.09. The highest BCUT2D eigenvalue weighted by atomic mass is 16.1. The molecule has 0 fully saturated rings. The second kappa shape index (κ2) is 36.0. The zero-order chi connectivity index (χ0) is 15.2. The van der Waals surface area contributed by atoms with Gasteiger partial charge in [-0.2, -0.15) is 0 Å². The Bertz CT molecular complexity index is 191. The van der Waals surface area contributed by atoms with Crippen molar-refractivity contribution in [2.75, 3.05) is 7.05 Å². The van der Waals surface area contributed by atoms with Crippen molar-refractivity contribution in [3.05, 3.63) is 35.9 Å². The molecule has 3 heteroatoms. The molecule has 2 N–H and O–H groups in total. The van der Waals surface area contributed by atoms with Gasteiger partial charge in [0, 0.05) is 6.54 Å². The molecule has 3 nitrogen and oxygen atoms in total. The Balaban J connectivity index is -0.000000105. The van der Waals surface area contributed by atoms with Crippen molar-refractivity contribution in [1.29, 1.82) is 0 Å². The highest BCUT2D eigenvalue weighted by Crippen LogP contribution is 1.95. The van der Waals surface area contributed by atoms with E-state index in [1.807, 2.05) is 73.6 Å². The van der Waals surface area contributed by atoms with E-state index in [1.54, 1.807) is 0 Å². The Kier molecular flexibility index (Phi) is 51.3. The van der Waals surface area contributed by atoms with Gasteiger partial charge >= 0.3 is 0 Å². The molecule has 1 aromatic carbocycles. The van der Waals surface area contributed by atoms with Crippen LogP contribution < -0.4 is 10.9 Å². The molecule has 0 atom stereocenters. The smallest absolute Gasteiger partial charge is 0.106 e. The van der Waals surface area contributed by atoms with Gasteiger partial charge in [-0.05, 0) is 12.6 Å². The monoisotopic (exact) mass is 256 g/mol. The van der Waals surface area contributed by atoms with Gasteiger partial charge in [0.1, 0.15) is 6.79 Å². The van der Waals surface area contributed by atoms with Crippen LogP contribution in [0.15, 0.2) is 30.3 Å². The molecule has 0 saturated heterocycles. The van der Waals surface area contributed by atoms with Crippen molar-refractivity contribution in [2.45, 2.75) is 48.1 Å². The minimum Gasteiger partial charge on any atom is -0.307 e. The molecule has 1 aromatic rings. The van der Waals surface area contributed by atoms with Crippen LogP contribution in [0.1, 0.15) is 47.1 Å². The first-order valence-electron chi connectivity index (χ1n) is 6.66. The minimum atomic E-state index is 0.872. The van der Waals surface area contributed by atoms with Gasteiger partial charge < -0.3 is 4.79 Å². The van der Waals surface area contributed by atoms with E-state index in [4.69, 9.17) is 4.79 Å². The lowest BCUT2D eigenvalue weighted by atomic mass is 10.2. The molecule has 0 saturated carbocycles. The van der Waals surface area contributed by atoms with E-state index in [-0.39, 0.29) is 0 Å². The summed E-state index contributed by atoms with van der Waals surface area (Å²) in [6, 6.07) is 10.3. The second-order valence-electron chi connectivity index (χ2n) is 2.09. The maximum absolute atomic E-state index is 8.00. The number of nitrogens with one attached hydrogen (secondary N) is 2. The Morgan fingerprint density at radius 2 is 1.28 bits per heavy atom. The molecule has 0 spiro atoms. The fourth-order valence-electron chi connectivity index (χ4n) is 0.786. The van der Waals surface area contributed by atoms with E-state index in [1.165, 1.54) is 5.56 Å². The number of benzene rings is 1. The highest BCUT2D eigenvalue weighted by molar-refractivity contribution is 5.13. The third-order valence-corrected chi connectivity index (χ3v) is 1.31. The van der Waals surface area contributed by atoms with Crippen LogP contribution in [0.25, 0.3) is 0 Å². The van der Waals surface area contributed by atoms with E-state index in [0.717, 1.165) is 6.54 Å². The number of hydrazine groups is 1. The summed E-state index contributed by atoms with van der Waals surface area (Å²) in [4.78, 5) is 8.00. The van der Waals surface area contributed by atoms with Gasteiger partial charge in [0.2, 0.25) is 0 Å². The average molecular weight is 256 g/mol. The van der Waals surface area contributed by atoms with Crippen molar-refractivity contribution in [2.24, 2.45) is 0 Å². The van der Waals surface area contributed by atoms with Crippen molar-refractivity contribution in [3.63, 3.8) is 0 Å². The zero-order valence-corrected chi connectivity index (χ0v) is 13.2. The predicted octanol–water partition coefficient (Wildman–Crippen LogP) is 3.80. The molecule has 0 aliphatic heterocycles. The Labute approximate surface area is 114 Å². The van der Waals surface area contributed by atoms with Crippen molar-refractivity contribution < 1.29 is 4.79 Å². The number of hydrogen-bond donors (Lipinski definition) is 2. The van der Waals surface area contributed by atoms with E-state index in [2.05, 4.69) is 23.0 Å². The average Bonchev–Trinajstić information content (AvgIpc) is 2.54. The van der Waals surface area contributed by atoms with Crippen LogP contribution in [0.3, 0.4) is 0 Å². The quantitative estimate of drug-likeness (QED) is 0.808. The first-order valence-corrected chi connectivity index (χ1v) is 6.66. The van der Waals surface area contributed by atoms with Crippen LogP contribution in [0.4, 0.5) is 0 Å². The van der Waals surface area contributed by atoms with E-state index in [9.17, 15) is 0 Å². The minimum absolute atomic E-state index is 0.872. The number of carbonyl (C=O) groups excluding carboxylic acids is 1. The largest absolute Gasteiger partial charge is 0.307 e. The molecular formula is C15H32N2O. The SMILES string of the molecule is C=O.CC.CC.CC.CNNCc1ccccc1. The van der Waals surface area contributed by atoms with Crippen LogP contribution in [0, 0.1) is 0 Å². The molecule has 0 radical (unpaired) electrons. The van der Waals surface area contributed by atoms with Gasteiger partial charge in [0.15, 0.2) is 0 Å². The Morgan fingerprint density at radius 1 is 0.889 bits per heavy atom. The molecule has 0 amide bonds. The summed E-state index contributed by atoms with van der Waals surface area (Å²) in [6.45, 7) is 14.9. The molecule has 0 aromatic heterocycles. The summed E-state index contributed by atoms with van der Waals surface area (Å²) in [6.07, 6.45) is 0. The first-order chi connectivity index (χ1) is 8.93. The lowest BCUT2D eigenvalue weighted by molar-refractivity contribution is -0.0979. The van der Waals surface area contributed by atoms with E-state index < -0.39 is 0 Å². The number of carbonyl (C=O) groups is 1. The third kappa shape index (κ3) is 24.2. The Hall–Kier alpha value is -1.19. The normalized spacial score (nSPS) is 6.61. The maximum atomic E-state index is 8.00. The third-order valence-electron chi connectivity index (χ3n) is 1.31. The van der Waals surface area contributed by atoms with Crippen LogP contribution in [0.5, 0.6) is 0 Å². The molecule has 1 rings (SSSR count). The fraction of sp³-hybridized carbons (Fsp3) is 0.533. The summed E-state index contributed by atoms with van der Waals surface area (Å²) in [7, 11) is 1.86. The van der Waals surface area contributed by atoms with E-state index >= 15 is 0 Å². The van der Waals surface area contributed by atoms with Crippen molar-refractivity contribution in [3.8, 4) is 0 Å². The van der Waals surface area contributed by atoms with Crippen molar-refractivity contribution >= 4 is 6.79 Å². The lowest BCUT2D eigenvalue weighted by Gasteiger charge is -2.00. The van der Waals surface area contributed by atoms with Gasteiger partial charge in [-0.15, -0.1) is 0 Å². The fourth-order valence-corrected chi connectivity index (χ4v) is 0.786. The molecular weight excluding hydrogens is 224 g/mol. The Morgan fingerprint density at radius 3 is 1.61 bits per heavy atom. The molecule has 0 heterocycles. The van der Waals surface area contributed by atoms with Gasteiger partial charge in [-0.25, -0.2) is 0 Å². The van der Waals surface area contributed by atoms with Crippen LogP contribution in [-0.2, 0) is 11.3 Å². The molecule has 0 aliphatic rings. The first kappa shape index (κ1) is 25.6. The highest BCUT2D eigenvalue weighted by Gasteiger charge is 1.85. The zero-order valence-electron chi connectivity index (χ0n) is 13.2. The molecule has 18 heavy (non-hydrogen) atoms. The number of hydrogen-bond acceptors (Lipinski definition) is 3. The van der Waals surface area contributed by atoms with Crippen LogP contribution in [-0.4, -0.2) is 13.8 Å². The molecule has 0 aliphatic carbocycles. The van der Waals surface area contributed by atoms with Gasteiger partial charge in [0.05, 0.1) is 0 Å². The summed E-state index contributed by atoms with van der Waals surface area (Å²) in [5.41, 5.74) is 7.17. The van der Waals surface area contributed by atoms with Crippen molar-refractivity contribution in [1.82, 2.24) is 10.9 Å². The summed E-state index contributed by atoms with van der Waals surface area (Å²) >= 11 is 0. The molecule has 108 valence electrons. The standard InChI is InChI=1S/C8H12N2.3C2H6.CH2O/c1-9-10-7-8-5-3-2-4-6-8;4*1-2/h2-6,9-10H,7H2,1H3;3*1-2H3;1H2. The molecule has 0 bridgehead atoms. The summed E-state index contributed by atoms with van der Waals surface area (Å²) in [5.74, 6) is 0. The van der Waals surface area contributed by atoms with E-state index in [0.29, 0.717) is 0 Å². The molecule has 0 unspecified atom stereocenters.